The lowest BCUT2D eigenvalue weighted by Gasteiger charge is -2.15. The van der Waals surface area contributed by atoms with E-state index in [1.807, 2.05) is 17.5 Å². The molecule has 0 bridgehead atoms. The molecule has 1 aromatic heterocycles. The highest BCUT2D eigenvalue weighted by atomic mass is 32.1. The minimum Gasteiger partial charge on any atom is -0.309 e. The van der Waals surface area contributed by atoms with Crippen molar-refractivity contribution in [2.45, 2.75) is 53.5 Å². The molecule has 1 N–H and O–H groups in total. The van der Waals surface area contributed by atoms with Crippen LogP contribution in [-0.2, 0) is 6.42 Å². The van der Waals surface area contributed by atoms with Crippen molar-refractivity contribution in [3.63, 3.8) is 0 Å². The van der Waals surface area contributed by atoms with Crippen LogP contribution in [0.3, 0.4) is 0 Å². The zero-order chi connectivity index (χ0) is 12.2. The Kier molecular flexibility index (Phi) is 4.93. The fraction of sp³-hybridized carbons (Fsp3) is 0.769. The first-order valence-corrected chi connectivity index (χ1v) is 6.92. The number of nitrogens with zero attached hydrogens (tertiary/aromatic N) is 1. The molecule has 0 saturated carbocycles. The first kappa shape index (κ1) is 13.7. The maximum absolute atomic E-state index is 4.51. The number of hydrogen-bond donors (Lipinski definition) is 1. The fourth-order valence-electron chi connectivity index (χ4n) is 1.52. The Labute approximate surface area is 103 Å². The summed E-state index contributed by atoms with van der Waals surface area (Å²) >= 11 is 1.84. The summed E-state index contributed by atoms with van der Waals surface area (Å²) in [6.45, 7) is 12.3. The molecule has 0 aliphatic carbocycles. The van der Waals surface area contributed by atoms with E-state index in [-0.39, 0.29) is 0 Å². The largest absolute Gasteiger partial charge is 0.309 e. The minimum absolute atomic E-state index is 0.329. The van der Waals surface area contributed by atoms with Gasteiger partial charge in [-0.25, -0.2) is 4.98 Å². The Morgan fingerprint density at radius 2 is 2.12 bits per heavy atom. The molecule has 0 saturated heterocycles. The number of rotatable bonds is 5. The molecule has 1 unspecified atom stereocenters. The van der Waals surface area contributed by atoms with E-state index in [1.54, 1.807) is 0 Å². The lowest BCUT2D eigenvalue weighted by Crippen LogP contribution is -2.18. The van der Waals surface area contributed by atoms with Crippen molar-refractivity contribution < 1.29 is 0 Å². The maximum atomic E-state index is 4.51. The van der Waals surface area contributed by atoms with Gasteiger partial charge < -0.3 is 5.32 Å². The molecule has 0 aliphatic rings. The van der Waals surface area contributed by atoms with E-state index >= 15 is 0 Å². The van der Waals surface area contributed by atoms with Gasteiger partial charge in [0.05, 0.1) is 5.01 Å². The van der Waals surface area contributed by atoms with Gasteiger partial charge in [-0.1, -0.05) is 27.7 Å². The molecule has 1 aromatic rings. The normalized spacial score (nSPS) is 14.1. The van der Waals surface area contributed by atoms with E-state index in [9.17, 15) is 0 Å². The smallest absolute Gasteiger partial charge is 0.0933 e. The Morgan fingerprint density at radius 1 is 1.44 bits per heavy atom. The summed E-state index contributed by atoms with van der Waals surface area (Å²) in [5.74, 6) is 0. The summed E-state index contributed by atoms with van der Waals surface area (Å²) in [6, 6.07) is 0.436. The van der Waals surface area contributed by atoms with Gasteiger partial charge in [-0.3, -0.25) is 0 Å². The van der Waals surface area contributed by atoms with Gasteiger partial charge >= 0.3 is 0 Å². The second kappa shape index (κ2) is 5.78. The van der Waals surface area contributed by atoms with Crippen molar-refractivity contribution in [2.24, 2.45) is 5.41 Å². The van der Waals surface area contributed by atoms with Crippen LogP contribution in [0.1, 0.15) is 57.0 Å². The minimum atomic E-state index is 0.329. The average molecular weight is 240 g/mol. The molecule has 2 nitrogen and oxygen atoms in total. The third kappa shape index (κ3) is 4.62. The third-order valence-corrected chi connectivity index (χ3v) is 3.56. The van der Waals surface area contributed by atoms with Crippen LogP contribution in [0.4, 0.5) is 0 Å². The van der Waals surface area contributed by atoms with E-state index in [0.29, 0.717) is 11.5 Å². The second-order valence-corrected chi connectivity index (χ2v) is 6.72. The Balaban J connectivity index is 2.57. The van der Waals surface area contributed by atoms with Crippen molar-refractivity contribution in [1.82, 2.24) is 10.3 Å². The van der Waals surface area contributed by atoms with Crippen LogP contribution in [0, 0.1) is 5.41 Å². The zero-order valence-corrected chi connectivity index (χ0v) is 11.9. The van der Waals surface area contributed by atoms with E-state index in [0.717, 1.165) is 13.0 Å². The summed E-state index contributed by atoms with van der Waals surface area (Å²) in [6.07, 6.45) is 4.27. The quantitative estimate of drug-likeness (QED) is 0.847. The first-order chi connectivity index (χ1) is 7.42. The zero-order valence-electron chi connectivity index (χ0n) is 11.1. The molecular formula is C13H24N2S. The van der Waals surface area contributed by atoms with Crippen LogP contribution in [0.2, 0.25) is 0 Å². The molecule has 3 heteroatoms. The van der Waals surface area contributed by atoms with E-state index < -0.39 is 0 Å². The Hall–Kier alpha value is -0.410. The second-order valence-electron chi connectivity index (χ2n) is 5.57. The highest BCUT2D eigenvalue weighted by molar-refractivity contribution is 7.11. The molecular weight excluding hydrogens is 216 g/mol. The van der Waals surface area contributed by atoms with Crippen LogP contribution in [0.25, 0.3) is 0 Å². The molecule has 0 radical (unpaired) electrons. The summed E-state index contributed by atoms with van der Waals surface area (Å²) < 4.78 is 0. The van der Waals surface area contributed by atoms with E-state index in [1.165, 1.54) is 16.3 Å². The standard InChI is InChI=1S/C13H24N2S/c1-6-7-14-10(2)11-9-15-12(16-11)8-13(3,4)5/h9-10,14H,6-8H2,1-5H3. The lowest BCUT2D eigenvalue weighted by atomic mass is 9.93. The topological polar surface area (TPSA) is 24.9 Å². The first-order valence-electron chi connectivity index (χ1n) is 6.10. The van der Waals surface area contributed by atoms with Crippen molar-refractivity contribution in [2.75, 3.05) is 6.54 Å². The lowest BCUT2D eigenvalue weighted by molar-refractivity contribution is 0.410. The monoisotopic (exact) mass is 240 g/mol. The number of thiazole rings is 1. The molecule has 0 spiro atoms. The molecule has 0 aromatic carbocycles. The van der Waals surface area contributed by atoms with Crippen LogP contribution >= 0.6 is 11.3 Å². The Morgan fingerprint density at radius 3 is 2.69 bits per heavy atom. The van der Waals surface area contributed by atoms with Gasteiger partial charge in [0.15, 0.2) is 0 Å². The molecule has 0 fully saturated rings. The van der Waals surface area contributed by atoms with Gasteiger partial charge in [0.1, 0.15) is 0 Å². The molecule has 0 amide bonds. The summed E-state index contributed by atoms with van der Waals surface area (Å²) in [7, 11) is 0. The molecule has 1 atom stereocenters. The van der Waals surface area contributed by atoms with Crippen molar-refractivity contribution >= 4 is 11.3 Å². The molecule has 92 valence electrons. The van der Waals surface area contributed by atoms with Crippen LogP contribution in [0.15, 0.2) is 6.20 Å². The van der Waals surface area contributed by atoms with Crippen LogP contribution in [0.5, 0.6) is 0 Å². The third-order valence-electron chi connectivity index (χ3n) is 2.38. The van der Waals surface area contributed by atoms with Gasteiger partial charge in [-0.2, -0.15) is 0 Å². The molecule has 16 heavy (non-hydrogen) atoms. The predicted octanol–water partition coefficient (Wildman–Crippen LogP) is 3.79. The van der Waals surface area contributed by atoms with E-state index in [4.69, 9.17) is 0 Å². The van der Waals surface area contributed by atoms with Crippen molar-refractivity contribution in [3.05, 3.63) is 16.1 Å². The van der Waals surface area contributed by atoms with Gasteiger partial charge in [-0.05, 0) is 25.3 Å². The van der Waals surface area contributed by atoms with Gasteiger partial charge in [0.25, 0.3) is 0 Å². The molecule has 1 heterocycles. The number of aromatic nitrogens is 1. The SMILES string of the molecule is CCCNC(C)c1cnc(CC(C)(C)C)s1. The fourth-order valence-corrected chi connectivity index (χ4v) is 2.77. The number of nitrogens with one attached hydrogen (secondary N) is 1. The highest BCUT2D eigenvalue weighted by Crippen LogP contribution is 2.26. The van der Waals surface area contributed by atoms with Crippen LogP contribution < -0.4 is 5.32 Å². The molecule has 0 aliphatic heterocycles. The molecule has 1 rings (SSSR count). The average Bonchev–Trinajstić information content (AvgIpc) is 2.59. The van der Waals surface area contributed by atoms with Crippen molar-refractivity contribution in [3.8, 4) is 0 Å². The van der Waals surface area contributed by atoms with Gasteiger partial charge in [-0.15, -0.1) is 11.3 Å². The van der Waals surface area contributed by atoms with Gasteiger partial charge in [0.2, 0.25) is 0 Å². The van der Waals surface area contributed by atoms with Crippen molar-refractivity contribution in [1.29, 1.82) is 0 Å². The maximum Gasteiger partial charge on any atom is 0.0933 e. The van der Waals surface area contributed by atoms with Gasteiger partial charge in [0, 0.05) is 23.5 Å². The predicted molar refractivity (Wildman–Crippen MR) is 72.0 cm³/mol. The summed E-state index contributed by atoms with van der Waals surface area (Å²) in [5.41, 5.74) is 0.329. The Bertz CT molecular complexity index is 312. The highest BCUT2D eigenvalue weighted by Gasteiger charge is 2.15. The number of hydrogen-bond acceptors (Lipinski definition) is 3. The summed E-state index contributed by atoms with van der Waals surface area (Å²) in [4.78, 5) is 5.86. The van der Waals surface area contributed by atoms with E-state index in [2.05, 4.69) is 44.9 Å². The van der Waals surface area contributed by atoms with Crippen LogP contribution in [-0.4, -0.2) is 11.5 Å². The summed E-state index contributed by atoms with van der Waals surface area (Å²) in [5, 5.41) is 4.75.